The molecule has 0 aliphatic carbocycles. The molecule has 2 heterocycles. The molecular formula is C20H24N4O2S. The van der Waals surface area contributed by atoms with E-state index in [9.17, 15) is 4.79 Å². The first-order valence-electron chi connectivity index (χ1n) is 8.94. The summed E-state index contributed by atoms with van der Waals surface area (Å²) in [5, 5.41) is 12.2. The van der Waals surface area contributed by atoms with Crippen molar-refractivity contribution in [3.63, 3.8) is 0 Å². The lowest BCUT2D eigenvalue weighted by atomic mass is 10.1. The fourth-order valence-electron chi connectivity index (χ4n) is 2.84. The molecule has 0 aliphatic rings. The number of nitrogens with zero attached hydrogens (tertiary/aromatic N) is 3. The Kier molecular flexibility index (Phi) is 6.34. The van der Waals surface area contributed by atoms with Crippen molar-refractivity contribution in [1.82, 2.24) is 20.1 Å². The van der Waals surface area contributed by atoms with Crippen molar-refractivity contribution in [2.24, 2.45) is 7.05 Å². The number of benzene rings is 1. The van der Waals surface area contributed by atoms with E-state index in [2.05, 4.69) is 27.6 Å². The van der Waals surface area contributed by atoms with Crippen LogP contribution >= 0.6 is 11.8 Å². The predicted octanol–water partition coefficient (Wildman–Crippen LogP) is 3.61. The van der Waals surface area contributed by atoms with Crippen LogP contribution < -0.4 is 5.32 Å². The third-order valence-corrected chi connectivity index (χ3v) is 5.40. The molecule has 1 N–H and O–H groups in total. The molecule has 0 spiro atoms. The molecule has 1 aromatic carbocycles. The third-order valence-electron chi connectivity index (χ3n) is 4.38. The van der Waals surface area contributed by atoms with Crippen molar-refractivity contribution >= 4 is 17.7 Å². The van der Waals surface area contributed by atoms with E-state index in [0.29, 0.717) is 10.9 Å². The Labute approximate surface area is 163 Å². The molecule has 142 valence electrons. The van der Waals surface area contributed by atoms with Gasteiger partial charge in [-0.05, 0) is 38.3 Å². The lowest BCUT2D eigenvalue weighted by Crippen LogP contribution is -2.34. The normalized spacial score (nSPS) is 12.1. The number of thioether (sulfide) groups is 1. The van der Waals surface area contributed by atoms with Crippen molar-refractivity contribution in [3.05, 3.63) is 54.0 Å². The second kappa shape index (κ2) is 8.90. The minimum atomic E-state index is 0.00426. The van der Waals surface area contributed by atoms with Crippen LogP contribution in [0, 0.1) is 6.92 Å². The van der Waals surface area contributed by atoms with Gasteiger partial charge in [-0.15, -0.1) is 10.2 Å². The lowest BCUT2D eigenvalue weighted by molar-refractivity contribution is -0.119. The highest BCUT2D eigenvalue weighted by molar-refractivity contribution is 7.99. The summed E-state index contributed by atoms with van der Waals surface area (Å²) in [6.45, 7) is 3.93. The van der Waals surface area contributed by atoms with Gasteiger partial charge in [-0.3, -0.25) is 4.79 Å². The standard InChI is InChI=1S/C20H24N4O2S/c1-14(9-10-16-7-5-4-6-8-16)21-18(25)13-27-20-23-22-19(24(20)3)17-11-12-26-15(17)2/h4-8,11-12,14H,9-10,13H2,1-3H3,(H,21,25). The van der Waals surface area contributed by atoms with Gasteiger partial charge in [0.2, 0.25) is 5.91 Å². The first-order chi connectivity index (χ1) is 13.0. The van der Waals surface area contributed by atoms with Crippen LogP contribution in [0.4, 0.5) is 0 Å². The number of aryl methyl sites for hydroxylation is 2. The molecule has 2 aromatic heterocycles. The Balaban J connectivity index is 1.48. The number of hydrogen-bond acceptors (Lipinski definition) is 5. The van der Waals surface area contributed by atoms with Crippen LogP contribution in [0.2, 0.25) is 0 Å². The van der Waals surface area contributed by atoms with Gasteiger partial charge < -0.3 is 14.3 Å². The van der Waals surface area contributed by atoms with Crippen LogP contribution in [0.1, 0.15) is 24.7 Å². The first kappa shape index (κ1) is 19.2. The molecule has 0 bridgehead atoms. The third kappa shape index (κ3) is 5.01. The Bertz CT molecular complexity index is 889. The molecule has 3 aromatic rings. The van der Waals surface area contributed by atoms with Crippen molar-refractivity contribution in [3.8, 4) is 11.4 Å². The first-order valence-corrected chi connectivity index (χ1v) is 9.93. The van der Waals surface area contributed by atoms with Gasteiger partial charge in [-0.2, -0.15) is 0 Å². The van der Waals surface area contributed by atoms with Crippen LogP contribution in [-0.2, 0) is 18.3 Å². The van der Waals surface area contributed by atoms with Gasteiger partial charge in [-0.25, -0.2) is 0 Å². The van der Waals surface area contributed by atoms with Gasteiger partial charge in [0.1, 0.15) is 5.76 Å². The quantitative estimate of drug-likeness (QED) is 0.601. The van der Waals surface area contributed by atoms with E-state index in [0.717, 1.165) is 30.0 Å². The predicted molar refractivity (Wildman–Crippen MR) is 107 cm³/mol. The van der Waals surface area contributed by atoms with Crippen molar-refractivity contribution in [1.29, 1.82) is 0 Å². The van der Waals surface area contributed by atoms with Crippen molar-refractivity contribution < 1.29 is 9.21 Å². The van der Waals surface area contributed by atoms with E-state index in [1.165, 1.54) is 17.3 Å². The number of carbonyl (C=O) groups excluding carboxylic acids is 1. The highest BCUT2D eigenvalue weighted by Gasteiger charge is 2.16. The monoisotopic (exact) mass is 384 g/mol. The van der Waals surface area contributed by atoms with E-state index < -0.39 is 0 Å². The number of hydrogen-bond donors (Lipinski definition) is 1. The summed E-state index contributed by atoms with van der Waals surface area (Å²) in [6.07, 6.45) is 3.50. The molecule has 6 nitrogen and oxygen atoms in total. The molecule has 0 saturated carbocycles. The van der Waals surface area contributed by atoms with Gasteiger partial charge in [-0.1, -0.05) is 42.1 Å². The maximum Gasteiger partial charge on any atom is 0.230 e. The van der Waals surface area contributed by atoms with E-state index in [1.807, 2.05) is 49.7 Å². The maximum atomic E-state index is 12.2. The van der Waals surface area contributed by atoms with E-state index >= 15 is 0 Å². The smallest absolute Gasteiger partial charge is 0.230 e. The van der Waals surface area contributed by atoms with Gasteiger partial charge in [0.25, 0.3) is 0 Å². The Morgan fingerprint density at radius 3 is 2.74 bits per heavy atom. The van der Waals surface area contributed by atoms with Crippen molar-refractivity contribution in [2.45, 2.75) is 37.9 Å². The summed E-state index contributed by atoms with van der Waals surface area (Å²) < 4.78 is 7.21. The van der Waals surface area contributed by atoms with Crippen LogP contribution in [0.15, 0.2) is 52.2 Å². The largest absolute Gasteiger partial charge is 0.469 e. The SMILES string of the molecule is Cc1occc1-c1nnc(SCC(=O)NC(C)CCc2ccccc2)n1C. The topological polar surface area (TPSA) is 72.9 Å². The Hall–Kier alpha value is -2.54. The molecule has 27 heavy (non-hydrogen) atoms. The van der Waals surface area contributed by atoms with Crippen LogP contribution in [0.25, 0.3) is 11.4 Å². The number of carbonyl (C=O) groups is 1. The van der Waals surface area contributed by atoms with Crippen LogP contribution in [0.3, 0.4) is 0 Å². The van der Waals surface area contributed by atoms with Crippen LogP contribution in [-0.4, -0.2) is 32.5 Å². The summed E-state index contributed by atoms with van der Waals surface area (Å²) in [5.41, 5.74) is 2.20. The minimum absolute atomic E-state index is 0.00426. The number of rotatable bonds is 8. The average Bonchev–Trinajstić information content (AvgIpc) is 3.24. The molecule has 0 fully saturated rings. The number of aromatic nitrogens is 3. The molecule has 1 unspecified atom stereocenters. The highest BCUT2D eigenvalue weighted by atomic mass is 32.2. The summed E-state index contributed by atoms with van der Waals surface area (Å²) >= 11 is 1.38. The summed E-state index contributed by atoms with van der Waals surface area (Å²) in [6, 6.07) is 12.3. The van der Waals surface area contributed by atoms with Gasteiger partial charge in [0, 0.05) is 13.1 Å². The van der Waals surface area contributed by atoms with Gasteiger partial charge in [0.15, 0.2) is 11.0 Å². The summed E-state index contributed by atoms with van der Waals surface area (Å²) in [7, 11) is 1.89. The second-order valence-electron chi connectivity index (χ2n) is 6.54. The van der Waals surface area contributed by atoms with E-state index in [4.69, 9.17) is 4.42 Å². The zero-order chi connectivity index (χ0) is 19.2. The average molecular weight is 385 g/mol. The maximum absolute atomic E-state index is 12.2. The molecule has 1 atom stereocenters. The molecule has 0 saturated heterocycles. The Morgan fingerprint density at radius 1 is 1.26 bits per heavy atom. The molecule has 0 aliphatic heterocycles. The molecule has 1 amide bonds. The van der Waals surface area contributed by atoms with Crippen molar-refractivity contribution in [2.75, 3.05) is 5.75 Å². The zero-order valence-corrected chi connectivity index (χ0v) is 16.6. The fraction of sp³-hybridized carbons (Fsp3) is 0.350. The lowest BCUT2D eigenvalue weighted by Gasteiger charge is -2.13. The number of nitrogens with one attached hydrogen (secondary N) is 1. The van der Waals surface area contributed by atoms with E-state index in [-0.39, 0.29) is 11.9 Å². The van der Waals surface area contributed by atoms with E-state index in [1.54, 1.807) is 6.26 Å². The van der Waals surface area contributed by atoms with Crippen LogP contribution in [0.5, 0.6) is 0 Å². The van der Waals surface area contributed by atoms with Gasteiger partial charge in [0.05, 0.1) is 17.6 Å². The second-order valence-corrected chi connectivity index (χ2v) is 7.48. The zero-order valence-electron chi connectivity index (χ0n) is 15.8. The molecule has 0 radical (unpaired) electrons. The molecule has 7 heteroatoms. The molecule has 3 rings (SSSR count). The molecular weight excluding hydrogens is 360 g/mol. The number of amides is 1. The fourth-order valence-corrected chi connectivity index (χ4v) is 3.56. The Morgan fingerprint density at radius 2 is 2.04 bits per heavy atom. The minimum Gasteiger partial charge on any atom is -0.469 e. The highest BCUT2D eigenvalue weighted by Crippen LogP contribution is 2.25. The summed E-state index contributed by atoms with van der Waals surface area (Å²) in [4.78, 5) is 12.2. The summed E-state index contributed by atoms with van der Waals surface area (Å²) in [5.74, 6) is 1.85. The van der Waals surface area contributed by atoms with Gasteiger partial charge >= 0.3 is 0 Å². The number of furan rings is 1.